The molecule has 0 aliphatic carbocycles. The van der Waals surface area contributed by atoms with Gasteiger partial charge < -0.3 is 15.3 Å². The maximum absolute atomic E-state index is 12.3. The Morgan fingerprint density at radius 1 is 1.31 bits per heavy atom. The minimum absolute atomic E-state index is 0.174. The topological polar surface area (TPSA) is 89.3 Å². The lowest BCUT2D eigenvalue weighted by Gasteiger charge is -2.51. The molecule has 1 fully saturated rings. The van der Waals surface area contributed by atoms with Crippen LogP contribution in [0.5, 0.6) is 0 Å². The number of nitriles is 1. The number of hydrogen-bond donors (Lipinski definition) is 2. The van der Waals surface area contributed by atoms with Gasteiger partial charge in [0.1, 0.15) is 6.04 Å². The van der Waals surface area contributed by atoms with Crippen molar-refractivity contribution in [1.82, 2.24) is 15.2 Å². The average molecular weight is 350 g/mol. The van der Waals surface area contributed by atoms with Crippen LogP contribution in [0.2, 0.25) is 0 Å². The molecule has 1 aliphatic rings. The van der Waals surface area contributed by atoms with Gasteiger partial charge in [-0.2, -0.15) is 5.26 Å². The number of aliphatic hydroxyl groups is 1. The summed E-state index contributed by atoms with van der Waals surface area (Å²) in [7, 11) is 0. The first-order chi connectivity index (χ1) is 12.7. The zero-order valence-electron chi connectivity index (χ0n) is 14.7. The van der Waals surface area contributed by atoms with Gasteiger partial charge in [-0.05, 0) is 29.2 Å². The zero-order chi connectivity index (χ0) is 18.5. The van der Waals surface area contributed by atoms with Gasteiger partial charge in [0.15, 0.2) is 0 Å². The Kier molecular flexibility index (Phi) is 5.49. The number of carbonyl (C=O) groups excluding carboxylic acids is 1. The lowest BCUT2D eigenvalue weighted by atomic mass is 9.76. The molecule has 2 heterocycles. The van der Waals surface area contributed by atoms with E-state index >= 15 is 0 Å². The highest BCUT2D eigenvalue weighted by atomic mass is 16.3. The Balaban J connectivity index is 1.80. The van der Waals surface area contributed by atoms with Gasteiger partial charge in [-0.15, -0.1) is 0 Å². The van der Waals surface area contributed by atoms with Gasteiger partial charge in [0.2, 0.25) is 0 Å². The molecule has 1 aliphatic heterocycles. The van der Waals surface area contributed by atoms with E-state index in [1.165, 1.54) is 4.90 Å². The third kappa shape index (κ3) is 3.26. The summed E-state index contributed by atoms with van der Waals surface area (Å²) in [4.78, 5) is 17.9. The Bertz CT molecular complexity index is 786. The summed E-state index contributed by atoms with van der Waals surface area (Å²) in [6.07, 6.45) is 4.35. The molecule has 1 aromatic carbocycles. The van der Waals surface area contributed by atoms with Crippen molar-refractivity contribution in [3.63, 3.8) is 0 Å². The molecule has 26 heavy (non-hydrogen) atoms. The molecule has 2 amide bonds. The standard InChI is InChI=1S/C20H22N4O2/c1-2-9-23-20(26)24-17(11-21)19(18(24)13-25)15-7-5-14(6-8-15)16-4-3-10-22-12-16/h3-8,10,12,17-19,25H,2,9,13H2,1H3,(H,23,26)/t17-,18-,19+/m1/s1. The van der Waals surface area contributed by atoms with E-state index in [0.717, 1.165) is 23.1 Å². The molecule has 1 saturated heterocycles. The van der Waals surface area contributed by atoms with Crippen LogP contribution in [0.15, 0.2) is 48.8 Å². The fraction of sp³-hybridized carbons (Fsp3) is 0.350. The molecule has 2 aromatic rings. The van der Waals surface area contributed by atoms with Crippen LogP contribution in [0.25, 0.3) is 11.1 Å². The molecule has 134 valence electrons. The number of likely N-dealkylation sites (tertiary alicyclic amines) is 1. The lowest BCUT2D eigenvalue weighted by molar-refractivity contribution is 0.0169. The molecule has 1 aromatic heterocycles. The predicted octanol–water partition coefficient (Wildman–Crippen LogP) is 2.52. The van der Waals surface area contributed by atoms with Gasteiger partial charge in [0.25, 0.3) is 0 Å². The second-order valence-corrected chi connectivity index (χ2v) is 6.35. The van der Waals surface area contributed by atoms with Gasteiger partial charge in [-0.3, -0.25) is 4.98 Å². The summed E-state index contributed by atoms with van der Waals surface area (Å²) >= 11 is 0. The van der Waals surface area contributed by atoms with E-state index in [9.17, 15) is 15.2 Å². The van der Waals surface area contributed by atoms with Crippen LogP contribution in [-0.4, -0.2) is 46.3 Å². The molecular formula is C20H22N4O2. The summed E-state index contributed by atoms with van der Waals surface area (Å²) in [5, 5.41) is 22.1. The maximum Gasteiger partial charge on any atom is 0.318 e. The van der Waals surface area contributed by atoms with Gasteiger partial charge >= 0.3 is 6.03 Å². The minimum Gasteiger partial charge on any atom is -0.394 e. The summed E-state index contributed by atoms with van der Waals surface area (Å²) in [5.74, 6) is -0.194. The van der Waals surface area contributed by atoms with Crippen molar-refractivity contribution >= 4 is 6.03 Å². The normalized spacial score (nSPS) is 21.6. The molecule has 0 bridgehead atoms. The van der Waals surface area contributed by atoms with Crippen LogP contribution in [0.3, 0.4) is 0 Å². The van der Waals surface area contributed by atoms with E-state index in [2.05, 4.69) is 16.4 Å². The number of benzene rings is 1. The molecule has 0 unspecified atom stereocenters. The monoisotopic (exact) mass is 350 g/mol. The molecule has 3 atom stereocenters. The van der Waals surface area contributed by atoms with Crippen molar-refractivity contribution < 1.29 is 9.90 Å². The number of amides is 2. The number of urea groups is 1. The Hall–Kier alpha value is -2.91. The third-order valence-electron chi connectivity index (χ3n) is 4.78. The van der Waals surface area contributed by atoms with Gasteiger partial charge in [0, 0.05) is 24.9 Å². The number of hydrogen-bond acceptors (Lipinski definition) is 4. The molecule has 6 nitrogen and oxygen atoms in total. The van der Waals surface area contributed by atoms with Gasteiger partial charge in [-0.25, -0.2) is 4.79 Å². The van der Waals surface area contributed by atoms with Crippen LogP contribution in [0.1, 0.15) is 24.8 Å². The van der Waals surface area contributed by atoms with Gasteiger partial charge in [0.05, 0.1) is 18.7 Å². The Morgan fingerprint density at radius 2 is 2.08 bits per heavy atom. The van der Waals surface area contributed by atoms with E-state index < -0.39 is 6.04 Å². The molecule has 3 rings (SSSR count). The first-order valence-corrected chi connectivity index (χ1v) is 8.78. The van der Waals surface area contributed by atoms with Crippen molar-refractivity contribution in [3.05, 3.63) is 54.4 Å². The lowest BCUT2D eigenvalue weighted by Crippen LogP contribution is -2.67. The van der Waals surface area contributed by atoms with Crippen LogP contribution in [-0.2, 0) is 0 Å². The number of carbonyl (C=O) groups is 1. The molecular weight excluding hydrogens is 328 g/mol. The molecule has 6 heteroatoms. The summed E-state index contributed by atoms with van der Waals surface area (Å²) in [5.41, 5.74) is 3.00. The predicted molar refractivity (Wildman–Crippen MR) is 98.2 cm³/mol. The summed E-state index contributed by atoms with van der Waals surface area (Å²) < 4.78 is 0. The molecule has 2 N–H and O–H groups in total. The quantitative estimate of drug-likeness (QED) is 0.867. The van der Waals surface area contributed by atoms with Crippen molar-refractivity contribution in [2.45, 2.75) is 31.3 Å². The first-order valence-electron chi connectivity index (χ1n) is 8.78. The van der Waals surface area contributed by atoms with E-state index in [-0.39, 0.29) is 24.6 Å². The van der Waals surface area contributed by atoms with Crippen molar-refractivity contribution in [3.8, 4) is 17.2 Å². The van der Waals surface area contributed by atoms with E-state index in [4.69, 9.17) is 0 Å². The largest absolute Gasteiger partial charge is 0.394 e. The SMILES string of the molecule is CCCNC(=O)N1[C@H](C#N)[C@H](c2ccc(-c3cccnc3)cc2)[C@H]1CO. The number of pyridine rings is 1. The number of nitrogens with zero attached hydrogens (tertiary/aromatic N) is 3. The minimum atomic E-state index is -0.576. The molecule has 0 saturated carbocycles. The highest BCUT2D eigenvalue weighted by Gasteiger charge is 2.51. The van der Waals surface area contributed by atoms with E-state index in [0.29, 0.717) is 6.54 Å². The second-order valence-electron chi connectivity index (χ2n) is 6.35. The van der Waals surface area contributed by atoms with Crippen LogP contribution in [0, 0.1) is 11.3 Å². The number of aromatic nitrogens is 1. The smallest absolute Gasteiger partial charge is 0.318 e. The van der Waals surface area contributed by atoms with Gasteiger partial charge in [-0.1, -0.05) is 37.3 Å². The summed E-state index contributed by atoms with van der Waals surface area (Å²) in [6, 6.07) is 12.7. The first kappa shape index (κ1) is 17.9. The van der Waals surface area contributed by atoms with Crippen LogP contribution < -0.4 is 5.32 Å². The molecule has 0 spiro atoms. The molecule has 0 radical (unpaired) electrons. The third-order valence-corrected chi connectivity index (χ3v) is 4.78. The van der Waals surface area contributed by atoms with Crippen molar-refractivity contribution in [2.24, 2.45) is 0 Å². The fourth-order valence-corrected chi connectivity index (χ4v) is 3.44. The van der Waals surface area contributed by atoms with Crippen molar-refractivity contribution in [2.75, 3.05) is 13.2 Å². The van der Waals surface area contributed by atoms with Crippen LogP contribution in [0.4, 0.5) is 4.79 Å². The van der Waals surface area contributed by atoms with E-state index in [1.807, 2.05) is 43.3 Å². The average Bonchev–Trinajstić information content (AvgIpc) is 2.67. The Labute approximate surface area is 153 Å². The fourth-order valence-electron chi connectivity index (χ4n) is 3.44. The maximum atomic E-state index is 12.3. The number of rotatable bonds is 5. The van der Waals surface area contributed by atoms with Crippen LogP contribution >= 0.6 is 0 Å². The second kappa shape index (κ2) is 7.98. The highest BCUT2D eigenvalue weighted by Crippen LogP contribution is 2.40. The van der Waals surface area contributed by atoms with E-state index in [1.54, 1.807) is 12.4 Å². The summed E-state index contributed by atoms with van der Waals surface area (Å²) in [6.45, 7) is 2.34. The number of aliphatic hydroxyl groups excluding tert-OH is 1. The Morgan fingerprint density at radius 3 is 2.65 bits per heavy atom. The number of nitrogens with one attached hydrogen (secondary N) is 1. The highest BCUT2D eigenvalue weighted by molar-refractivity contribution is 5.77. The zero-order valence-corrected chi connectivity index (χ0v) is 14.7. The van der Waals surface area contributed by atoms with Crippen molar-refractivity contribution in [1.29, 1.82) is 5.26 Å².